The Hall–Kier alpha value is -2.93. The highest BCUT2D eigenvalue weighted by molar-refractivity contribution is 5.81. The number of nitrogens with two attached hydrogens (primary N) is 1. The van der Waals surface area contributed by atoms with Gasteiger partial charge in [0.05, 0.1) is 6.33 Å². The van der Waals surface area contributed by atoms with E-state index in [2.05, 4.69) is 15.0 Å². The monoisotopic (exact) mass is 415 g/mol. The van der Waals surface area contributed by atoms with E-state index in [9.17, 15) is 15.3 Å². The summed E-state index contributed by atoms with van der Waals surface area (Å²) in [4.78, 5) is 21.9. The molecule has 0 spiro atoms. The second-order valence-corrected chi connectivity index (χ2v) is 6.64. The van der Waals surface area contributed by atoms with Crippen molar-refractivity contribution in [3.05, 3.63) is 54.6 Å². The number of nitrogen functional groups attached to an aromatic ring is 1. The number of rotatable bonds is 7. The number of benzene rings is 1. The summed E-state index contributed by atoms with van der Waals surface area (Å²) in [6.07, 6.45) is -0.650. The molecule has 30 heavy (non-hydrogen) atoms. The first-order chi connectivity index (χ1) is 14.6. The van der Waals surface area contributed by atoms with Crippen LogP contribution in [0.3, 0.4) is 0 Å². The van der Waals surface area contributed by atoms with Gasteiger partial charge in [0.1, 0.15) is 36.8 Å². The summed E-state index contributed by atoms with van der Waals surface area (Å²) >= 11 is 0. The maximum atomic E-state index is 10.4. The summed E-state index contributed by atoms with van der Waals surface area (Å²) in [5.41, 5.74) is 7.39. The summed E-state index contributed by atoms with van der Waals surface area (Å²) in [5, 5.41) is 30.9. The van der Waals surface area contributed by atoms with E-state index in [1.165, 1.54) is 17.2 Å². The van der Waals surface area contributed by atoms with Gasteiger partial charge in [-0.3, -0.25) is 4.57 Å². The molecular weight excluding hydrogens is 394 g/mol. The zero-order valence-corrected chi connectivity index (χ0v) is 15.7. The topological polar surface area (TPSA) is 158 Å². The quantitative estimate of drug-likeness (QED) is 0.179. The Morgan fingerprint density at radius 1 is 1.17 bits per heavy atom. The third-order valence-corrected chi connectivity index (χ3v) is 4.66. The second-order valence-electron chi connectivity index (χ2n) is 6.64. The minimum Gasteiger partial charge on any atom is -0.387 e. The van der Waals surface area contributed by atoms with Gasteiger partial charge in [-0.05, 0) is 5.56 Å². The van der Waals surface area contributed by atoms with Crippen molar-refractivity contribution in [2.75, 3.05) is 12.3 Å². The fourth-order valence-electron chi connectivity index (χ4n) is 3.16. The summed E-state index contributed by atoms with van der Waals surface area (Å²) in [5.74, 6) is 0.170. The van der Waals surface area contributed by atoms with E-state index in [-0.39, 0.29) is 12.4 Å². The van der Waals surface area contributed by atoms with Crippen LogP contribution in [-0.4, -0.2) is 66.0 Å². The Morgan fingerprint density at radius 2 is 1.97 bits per heavy atom. The molecule has 0 bridgehead atoms. The van der Waals surface area contributed by atoms with E-state index in [4.69, 9.17) is 20.2 Å². The largest absolute Gasteiger partial charge is 0.387 e. The van der Waals surface area contributed by atoms with Crippen LogP contribution in [0.4, 0.5) is 5.82 Å². The number of aromatic nitrogens is 4. The number of nitrogens with zero attached hydrogens (tertiary/aromatic N) is 4. The van der Waals surface area contributed by atoms with Crippen LogP contribution in [0.1, 0.15) is 11.8 Å². The molecule has 0 amide bonds. The molecule has 11 heteroatoms. The van der Waals surface area contributed by atoms with Crippen molar-refractivity contribution in [3.63, 3.8) is 0 Å². The third kappa shape index (κ3) is 4.03. The maximum absolute atomic E-state index is 10.4. The van der Waals surface area contributed by atoms with Crippen molar-refractivity contribution in [3.8, 4) is 0 Å². The lowest BCUT2D eigenvalue weighted by Gasteiger charge is -2.19. The number of ether oxygens (including phenoxy) is 1. The highest BCUT2D eigenvalue weighted by atomic mass is 17.2. The average molecular weight is 415 g/mol. The van der Waals surface area contributed by atoms with E-state index in [1.807, 2.05) is 36.4 Å². The normalized spacial score (nSPS) is 25.3. The van der Waals surface area contributed by atoms with Crippen molar-refractivity contribution in [1.82, 2.24) is 19.5 Å². The van der Waals surface area contributed by atoms with Crippen LogP contribution >= 0.6 is 0 Å². The van der Waals surface area contributed by atoms with Crippen LogP contribution in [0.2, 0.25) is 0 Å². The van der Waals surface area contributed by atoms with Crippen molar-refractivity contribution < 1.29 is 29.8 Å². The molecule has 1 aliphatic heterocycles. The molecule has 1 unspecified atom stereocenters. The SMILES string of the molecule is Nc1ncnc2c1ncn2[C@@H]1O[C@H](C(O)OOCC=Cc2ccccc2)[C@@H](O)[C@H]1O. The third-order valence-electron chi connectivity index (χ3n) is 4.66. The molecule has 3 heterocycles. The minimum atomic E-state index is -1.64. The van der Waals surface area contributed by atoms with Gasteiger partial charge < -0.3 is 25.8 Å². The number of hydrogen-bond acceptors (Lipinski definition) is 10. The summed E-state index contributed by atoms with van der Waals surface area (Å²) < 4.78 is 7.02. The zero-order valence-electron chi connectivity index (χ0n) is 15.7. The average Bonchev–Trinajstić information content (AvgIpc) is 3.31. The van der Waals surface area contributed by atoms with Crippen LogP contribution in [0.5, 0.6) is 0 Å². The van der Waals surface area contributed by atoms with E-state index in [0.29, 0.717) is 11.2 Å². The molecule has 3 aromatic rings. The number of aliphatic hydroxyl groups is 3. The predicted octanol–water partition coefficient (Wildman–Crippen LogP) is 0.00770. The van der Waals surface area contributed by atoms with E-state index in [1.54, 1.807) is 6.08 Å². The van der Waals surface area contributed by atoms with Gasteiger partial charge in [-0.1, -0.05) is 42.5 Å². The minimum absolute atomic E-state index is 0.0586. The van der Waals surface area contributed by atoms with Crippen LogP contribution in [0, 0.1) is 0 Å². The molecule has 1 fully saturated rings. The first kappa shape index (κ1) is 20.3. The van der Waals surface area contributed by atoms with Gasteiger partial charge in [-0.2, -0.15) is 0 Å². The zero-order chi connectivity index (χ0) is 21.1. The summed E-state index contributed by atoms with van der Waals surface area (Å²) in [6, 6.07) is 9.58. The van der Waals surface area contributed by atoms with Crippen LogP contribution in [-0.2, 0) is 14.5 Å². The van der Waals surface area contributed by atoms with Crippen LogP contribution < -0.4 is 5.73 Å². The standard InChI is InChI=1S/C19H21N5O6/c20-16-12-17(22-9-21-16)24(10-23-12)18-14(26)13(25)15(29-18)19(27)30-28-8-4-7-11-5-2-1-3-6-11/h1-7,9-10,13-15,18-19,25-27H,8H2,(H2,20,21,22)/t13-,14+,15-,18+,19?/m0/s1. The fourth-order valence-corrected chi connectivity index (χ4v) is 3.16. The van der Waals surface area contributed by atoms with Gasteiger partial charge in [0.2, 0.25) is 6.29 Å². The van der Waals surface area contributed by atoms with E-state index in [0.717, 1.165) is 5.56 Å². The van der Waals surface area contributed by atoms with Crippen LogP contribution in [0.15, 0.2) is 49.1 Å². The number of fused-ring (bicyclic) bond motifs is 1. The van der Waals surface area contributed by atoms with Gasteiger partial charge in [0.25, 0.3) is 0 Å². The Bertz CT molecular complexity index is 1010. The molecule has 0 saturated carbocycles. The van der Waals surface area contributed by atoms with Gasteiger partial charge in [0, 0.05) is 0 Å². The van der Waals surface area contributed by atoms with Crippen molar-refractivity contribution in [1.29, 1.82) is 0 Å². The highest BCUT2D eigenvalue weighted by Gasteiger charge is 2.48. The number of aliphatic hydroxyl groups excluding tert-OH is 3. The molecule has 5 atom stereocenters. The Balaban J connectivity index is 1.36. The van der Waals surface area contributed by atoms with E-state index < -0.39 is 30.8 Å². The molecule has 1 aliphatic rings. The molecule has 158 valence electrons. The van der Waals surface area contributed by atoms with E-state index >= 15 is 0 Å². The molecule has 4 rings (SSSR count). The first-order valence-corrected chi connectivity index (χ1v) is 9.19. The van der Waals surface area contributed by atoms with Gasteiger partial charge in [-0.15, -0.1) is 0 Å². The molecule has 1 saturated heterocycles. The Kier molecular flexibility index (Phi) is 5.99. The first-order valence-electron chi connectivity index (χ1n) is 9.19. The number of hydrogen-bond donors (Lipinski definition) is 4. The molecule has 5 N–H and O–H groups in total. The lowest BCUT2D eigenvalue weighted by molar-refractivity contribution is -0.386. The molecular formula is C19H21N5O6. The van der Waals surface area contributed by atoms with Gasteiger partial charge in [0.15, 0.2) is 17.7 Å². The predicted molar refractivity (Wildman–Crippen MR) is 104 cm³/mol. The molecule has 1 aromatic carbocycles. The molecule has 11 nitrogen and oxygen atoms in total. The van der Waals surface area contributed by atoms with Crippen LogP contribution in [0.25, 0.3) is 17.2 Å². The van der Waals surface area contributed by atoms with Gasteiger partial charge >= 0.3 is 0 Å². The maximum Gasteiger partial charge on any atom is 0.218 e. The summed E-state index contributed by atoms with van der Waals surface area (Å²) in [6.45, 7) is 0.0586. The summed E-state index contributed by atoms with van der Waals surface area (Å²) in [7, 11) is 0. The number of anilines is 1. The van der Waals surface area contributed by atoms with Crippen molar-refractivity contribution in [2.24, 2.45) is 0 Å². The Labute approximate surface area is 170 Å². The Morgan fingerprint density at radius 3 is 2.77 bits per heavy atom. The van der Waals surface area contributed by atoms with Crippen molar-refractivity contribution in [2.45, 2.75) is 30.8 Å². The lowest BCUT2D eigenvalue weighted by Crippen LogP contribution is -2.40. The lowest BCUT2D eigenvalue weighted by atomic mass is 10.1. The molecule has 2 aromatic heterocycles. The molecule has 0 aliphatic carbocycles. The highest BCUT2D eigenvalue weighted by Crippen LogP contribution is 2.33. The fraction of sp³-hybridized carbons (Fsp3) is 0.316. The molecule has 0 radical (unpaired) electrons. The van der Waals surface area contributed by atoms with Gasteiger partial charge in [-0.25, -0.2) is 24.7 Å². The smallest absolute Gasteiger partial charge is 0.218 e. The van der Waals surface area contributed by atoms with Crippen molar-refractivity contribution >= 4 is 23.1 Å². The number of imidazole rings is 1. The second kappa shape index (κ2) is 8.83.